The normalized spacial score (nSPS) is 20.7. The van der Waals surface area contributed by atoms with Gasteiger partial charge in [0.1, 0.15) is 0 Å². The Bertz CT molecular complexity index is 595. The zero-order chi connectivity index (χ0) is 14.9. The molecule has 1 N–H and O–H groups in total. The van der Waals surface area contributed by atoms with Gasteiger partial charge in [-0.2, -0.15) is 12.7 Å². The summed E-state index contributed by atoms with van der Waals surface area (Å²) in [6.45, 7) is 2.80. The Hall–Kier alpha value is -1.11. The van der Waals surface area contributed by atoms with Gasteiger partial charge in [-0.3, -0.25) is 4.31 Å². The molecule has 2 aliphatic heterocycles. The first kappa shape index (κ1) is 14.8. The molecule has 5 nitrogen and oxygen atoms in total. The Labute approximate surface area is 127 Å². The lowest BCUT2D eigenvalue weighted by Crippen LogP contribution is -2.47. The maximum absolute atomic E-state index is 12.9. The van der Waals surface area contributed by atoms with Gasteiger partial charge >= 0.3 is 10.2 Å². The van der Waals surface area contributed by atoms with Crippen LogP contribution in [0.25, 0.3) is 0 Å². The fourth-order valence-corrected chi connectivity index (χ4v) is 5.02. The second-order valence-electron chi connectivity index (χ2n) is 5.86. The number of rotatable bonds is 4. The standard InChI is InChI=1S/C15H23N3O2S/c1-16-12-13-6-9-17(10-7-13)21(19,20)18-11-8-14-4-2-3-5-15(14)18/h2-5,13,16H,6-12H2,1H3. The van der Waals surface area contributed by atoms with E-state index in [0.29, 0.717) is 25.6 Å². The number of hydrogen-bond acceptors (Lipinski definition) is 3. The molecule has 0 amide bonds. The van der Waals surface area contributed by atoms with Gasteiger partial charge in [0.2, 0.25) is 0 Å². The summed E-state index contributed by atoms with van der Waals surface area (Å²) >= 11 is 0. The van der Waals surface area contributed by atoms with Crippen molar-refractivity contribution in [2.75, 3.05) is 37.5 Å². The topological polar surface area (TPSA) is 52.7 Å². The summed E-state index contributed by atoms with van der Waals surface area (Å²) < 4.78 is 28.9. The van der Waals surface area contributed by atoms with Gasteiger partial charge in [0.05, 0.1) is 5.69 Å². The van der Waals surface area contributed by atoms with Gasteiger partial charge in [-0.1, -0.05) is 18.2 Å². The van der Waals surface area contributed by atoms with Crippen LogP contribution in [-0.4, -0.2) is 45.9 Å². The fraction of sp³-hybridized carbons (Fsp3) is 0.600. The zero-order valence-corrected chi connectivity index (χ0v) is 13.3. The highest BCUT2D eigenvalue weighted by molar-refractivity contribution is 7.90. The van der Waals surface area contributed by atoms with Crippen molar-refractivity contribution in [2.45, 2.75) is 19.3 Å². The Morgan fingerprint density at radius 2 is 1.90 bits per heavy atom. The minimum atomic E-state index is -3.37. The van der Waals surface area contributed by atoms with Crippen LogP contribution >= 0.6 is 0 Å². The highest BCUT2D eigenvalue weighted by atomic mass is 32.2. The summed E-state index contributed by atoms with van der Waals surface area (Å²) in [5.74, 6) is 0.590. The van der Waals surface area contributed by atoms with Gasteiger partial charge in [-0.05, 0) is 50.4 Å². The van der Waals surface area contributed by atoms with Crippen molar-refractivity contribution in [1.29, 1.82) is 0 Å². The maximum Gasteiger partial charge on any atom is 0.304 e. The Morgan fingerprint density at radius 3 is 2.62 bits per heavy atom. The molecule has 1 fully saturated rings. The summed E-state index contributed by atoms with van der Waals surface area (Å²) in [7, 11) is -1.42. The predicted octanol–water partition coefficient (Wildman–Crippen LogP) is 1.23. The summed E-state index contributed by atoms with van der Waals surface area (Å²) in [6, 6.07) is 7.81. The smallest absolute Gasteiger partial charge is 0.304 e. The first-order valence-electron chi connectivity index (χ1n) is 7.63. The third kappa shape index (κ3) is 2.80. The predicted molar refractivity (Wildman–Crippen MR) is 84.6 cm³/mol. The second-order valence-corrected chi connectivity index (χ2v) is 7.71. The molecule has 2 aliphatic rings. The van der Waals surface area contributed by atoms with Crippen molar-refractivity contribution in [3.63, 3.8) is 0 Å². The van der Waals surface area contributed by atoms with Crippen molar-refractivity contribution >= 4 is 15.9 Å². The maximum atomic E-state index is 12.9. The van der Waals surface area contributed by atoms with E-state index >= 15 is 0 Å². The third-order valence-corrected chi connectivity index (χ3v) is 6.47. The molecule has 0 spiro atoms. The van der Waals surface area contributed by atoms with E-state index in [0.717, 1.165) is 37.1 Å². The molecular formula is C15H23N3O2S. The van der Waals surface area contributed by atoms with Crippen molar-refractivity contribution in [2.24, 2.45) is 5.92 Å². The molecule has 0 saturated carbocycles. The number of nitrogens with zero attached hydrogens (tertiary/aromatic N) is 2. The van der Waals surface area contributed by atoms with Crippen LogP contribution in [-0.2, 0) is 16.6 Å². The number of fused-ring (bicyclic) bond motifs is 1. The Balaban J connectivity index is 1.74. The summed E-state index contributed by atoms with van der Waals surface area (Å²) in [5.41, 5.74) is 1.99. The molecule has 21 heavy (non-hydrogen) atoms. The first-order chi connectivity index (χ1) is 10.1. The van der Waals surface area contributed by atoms with Crippen LogP contribution in [0, 0.1) is 5.92 Å². The van der Waals surface area contributed by atoms with Crippen LogP contribution in [0.5, 0.6) is 0 Å². The van der Waals surface area contributed by atoms with Crippen molar-refractivity contribution in [3.05, 3.63) is 29.8 Å². The highest BCUT2D eigenvalue weighted by Crippen LogP contribution is 2.32. The molecule has 0 aromatic heterocycles. The Kier molecular flexibility index (Phi) is 4.19. The lowest BCUT2D eigenvalue weighted by Gasteiger charge is -2.34. The van der Waals surface area contributed by atoms with E-state index in [1.807, 2.05) is 31.3 Å². The number of benzene rings is 1. The number of anilines is 1. The van der Waals surface area contributed by atoms with Gasteiger partial charge in [0, 0.05) is 19.6 Å². The molecular weight excluding hydrogens is 286 g/mol. The minimum Gasteiger partial charge on any atom is -0.319 e. The van der Waals surface area contributed by atoms with Crippen LogP contribution in [0.1, 0.15) is 18.4 Å². The van der Waals surface area contributed by atoms with Crippen LogP contribution in [0.2, 0.25) is 0 Å². The zero-order valence-electron chi connectivity index (χ0n) is 12.5. The van der Waals surface area contributed by atoms with Gasteiger partial charge in [-0.15, -0.1) is 0 Å². The molecule has 0 aliphatic carbocycles. The van der Waals surface area contributed by atoms with Gasteiger partial charge in [0.15, 0.2) is 0 Å². The quantitative estimate of drug-likeness (QED) is 0.910. The molecule has 2 heterocycles. The van der Waals surface area contributed by atoms with Crippen LogP contribution in [0.4, 0.5) is 5.69 Å². The molecule has 0 atom stereocenters. The Morgan fingerprint density at radius 1 is 1.19 bits per heavy atom. The summed E-state index contributed by atoms with van der Waals surface area (Å²) in [6.07, 6.45) is 2.69. The molecule has 1 saturated heterocycles. The largest absolute Gasteiger partial charge is 0.319 e. The molecule has 3 rings (SSSR count). The second kappa shape index (κ2) is 5.94. The minimum absolute atomic E-state index is 0.568. The highest BCUT2D eigenvalue weighted by Gasteiger charge is 2.35. The molecule has 1 aromatic rings. The number of nitrogens with one attached hydrogen (secondary N) is 1. The van der Waals surface area contributed by atoms with E-state index in [9.17, 15) is 8.42 Å². The molecule has 0 bridgehead atoms. The number of hydrogen-bond donors (Lipinski definition) is 1. The van der Waals surface area contributed by atoms with E-state index in [-0.39, 0.29) is 0 Å². The molecule has 0 radical (unpaired) electrons. The molecule has 116 valence electrons. The van der Waals surface area contributed by atoms with Crippen LogP contribution in [0.3, 0.4) is 0 Å². The fourth-order valence-electron chi connectivity index (χ4n) is 3.32. The number of para-hydroxylation sites is 1. The van der Waals surface area contributed by atoms with Crippen LogP contribution < -0.4 is 9.62 Å². The van der Waals surface area contributed by atoms with E-state index < -0.39 is 10.2 Å². The van der Waals surface area contributed by atoms with Crippen LogP contribution in [0.15, 0.2) is 24.3 Å². The summed E-state index contributed by atoms with van der Waals surface area (Å²) in [4.78, 5) is 0. The summed E-state index contributed by atoms with van der Waals surface area (Å²) in [5, 5.41) is 3.18. The van der Waals surface area contributed by atoms with Gasteiger partial charge < -0.3 is 5.32 Å². The van der Waals surface area contributed by atoms with Crippen molar-refractivity contribution < 1.29 is 8.42 Å². The van der Waals surface area contributed by atoms with E-state index in [1.54, 1.807) is 8.61 Å². The molecule has 1 aromatic carbocycles. The lowest BCUT2D eigenvalue weighted by atomic mass is 9.98. The lowest BCUT2D eigenvalue weighted by molar-refractivity contribution is 0.270. The van der Waals surface area contributed by atoms with Gasteiger partial charge in [-0.25, -0.2) is 0 Å². The van der Waals surface area contributed by atoms with Crippen molar-refractivity contribution in [1.82, 2.24) is 9.62 Å². The first-order valence-corrected chi connectivity index (χ1v) is 9.03. The third-order valence-electron chi connectivity index (χ3n) is 4.52. The average Bonchev–Trinajstić information content (AvgIpc) is 2.93. The molecule has 6 heteroatoms. The van der Waals surface area contributed by atoms with E-state index in [2.05, 4.69) is 5.32 Å². The average molecular weight is 309 g/mol. The SMILES string of the molecule is CNCC1CCN(S(=O)(=O)N2CCc3ccccc32)CC1. The van der Waals surface area contributed by atoms with E-state index in [4.69, 9.17) is 0 Å². The van der Waals surface area contributed by atoms with Gasteiger partial charge in [0.25, 0.3) is 0 Å². The number of piperidine rings is 1. The monoisotopic (exact) mass is 309 g/mol. The van der Waals surface area contributed by atoms with Crippen molar-refractivity contribution in [3.8, 4) is 0 Å². The molecule has 0 unspecified atom stereocenters. The van der Waals surface area contributed by atoms with E-state index in [1.165, 1.54) is 0 Å².